The van der Waals surface area contributed by atoms with Crippen LogP contribution in [0.25, 0.3) is 0 Å². The molecule has 0 spiro atoms. The van der Waals surface area contributed by atoms with Gasteiger partial charge < -0.3 is 4.18 Å². The van der Waals surface area contributed by atoms with Gasteiger partial charge in [0.2, 0.25) is 0 Å². The van der Waals surface area contributed by atoms with Crippen molar-refractivity contribution in [1.29, 1.82) is 0 Å². The molecule has 11 heteroatoms. The lowest BCUT2D eigenvalue weighted by Crippen LogP contribution is -2.44. The predicted molar refractivity (Wildman–Crippen MR) is 89.7 cm³/mol. The molecule has 0 unspecified atom stereocenters. The molecular weight excluding hydrogens is 426 g/mol. The topological polar surface area (TPSA) is 60.4 Å². The lowest BCUT2D eigenvalue weighted by molar-refractivity contribution is -0.159. The van der Waals surface area contributed by atoms with Crippen LogP contribution >= 0.6 is 0 Å². The van der Waals surface area contributed by atoms with E-state index in [1.165, 1.54) is 6.07 Å². The molecule has 1 aromatic carbocycles. The molecule has 0 amide bonds. The fourth-order valence-electron chi connectivity index (χ4n) is 4.58. The molecule has 2 aliphatic rings. The first kappa shape index (κ1) is 21.9. The maximum Gasteiger partial charge on any atom is 0.534 e. The zero-order valence-electron chi connectivity index (χ0n) is 15.1. The van der Waals surface area contributed by atoms with Crippen molar-refractivity contribution < 1.29 is 43.7 Å². The fourth-order valence-corrected chi connectivity index (χ4v) is 5.04. The van der Waals surface area contributed by atoms with Gasteiger partial charge in [-0.2, -0.15) is 34.8 Å². The average Bonchev–Trinajstić information content (AvgIpc) is 2.69. The van der Waals surface area contributed by atoms with Crippen molar-refractivity contribution in [2.24, 2.45) is 5.92 Å². The quantitative estimate of drug-likeness (QED) is 0.381. The van der Waals surface area contributed by atoms with E-state index in [0.29, 0.717) is 24.0 Å². The van der Waals surface area contributed by atoms with E-state index >= 15 is 0 Å². The van der Waals surface area contributed by atoms with Gasteiger partial charge in [-0.25, -0.2) is 0 Å². The van der Waals surface area contributed by atoms with Crippen LogP contribution in [0.15, 0.2) is 18.2 Å². The monoisotopic (exact) mass is 444 g/mol. The van der Waals surface area contributed by atoms with Crippen LogP contribution in [0.5, 0.6) is 5.75 Å². The van der Waals surface area contributed by atoms with Gasteiger partial charge in [-0.15, -0.1) is 0 Å². The number of benzene rings is 1. The average molecular weight is 444 g/mol. The van der Waals surface area contributed by atoms with Gasteiger partial charge >= 0.3 is 21.8 Å². The van der Waals surface area contributed by atoms with E-state index in [1.807, 2.05) is 0 Å². The minimum Gasteiger partial charge on any atom is -0.376 e. The molecule has 0 bridgehead atoms. The fraction of sp³-hybridized carbons (Fsp3) is 0.611. The van der Waals surface area contributed by atoms with Gasteiger partial charge in [-0.1, -0.05) is 6.07 Å². The second-order valence-corrected chi connectivity index (χ2v) is 9.12. The van der Waals surface area contributed by atoms with Gasteiger partial charge in [0.05, 0.1) is 6.42 Å². The summed E-state index contributed by atoms with van der Waals surface area (Å²) < 4.78 is 105. The number of alkyl halides is 6. The second-order valence-electron chi connectivity index (χ2n) is 7.58. The first-order chi connectivity index (χ1) is 13.2. The zero-order valence-corrected chi connectivity index (χ0v) is 15.9. The standard InChI is InChI=1S/C18H18F6O4S/c19-17(20,21)10-16-7-6-13(25)9-12(16)3-1-2-11-8-14(4-5-15(11)16)28-29(26,27)18(22,23)24/h4-5,8,12H,1-3,6-7,9-10H2/t12-,16-/m0/s1. The molecule has 0 radical (unpaired) electrons. The maximum absolute atomic E-state index is 13.4. The largest absolute Gasteiger partial charge is 0.534 e. The summed E-state index contributed by atoms with van der Waals surface area (Å²) in [6, 6.07) is 3.23. The Hall–Kier alpha value is -1.78. The van der Waals surface area contributed by atoms with Gasteiger partial charge in [0.1, 0.15) is 11.5 Å². The smallest absolute Gasteiger partial charge is 0.376 e. The highest BCUT2D eigenvalue weighted by molar-refractivity contribution is 7.88. The summed E-state index contributed by atoms with van der Waals surface area (Å²) in [7, 11) is -5.89. The molecule has 162 valence electrons. The summed E-state index contributed by atoms with van der Waals surface area (Å²) in [5.74, 6) is -1.24. The molecule has 1 saturated carbocycles. The van der Waals surface area contributed by atoms with Crippen molar-refractivity contribution in [1.82, 2.24) is 0 Å². The van der Waals surface area contributed by atoms with Crippen LogP contribution < -0.4 is 4.18 Å². The van der Waals surface area contributed by atoms with E-state index in [1.54, 1.807) is 0 Å². The van der Waals surface area contributed by atoms with E-state index in [-0.39, 0.29) is 31.5 Å². The molecule has 2 aliphatic carbocycles. The number of aryl methyl sites for hydroxylation is 1. The lowest BCUT2D eigenvalue weighted by atomic mass is 9.59. The third-order valence-electron chi connectivity index (χ3n) is 5.72. The lowest BCUT2D eigenvalue weighted by Gasteiger charge is -2.44. The molecular formula is C18H18F6O4S. The Kier molecular flexibility index (Phi) is 5.42. The minimum atomic E-state index is -5.89. The van der Waals surface area contributed by atoms with Crippen molar-refractivity contribution >= 4 is 15.9 Å². The molecule has 3 rings (SSSR count). The van der Waals surface area contributed by atoms with E-state index in [0.717, 1.165) is 12.1 Å². The minimum absolute atomic E-state index is 0.00722. The normalized spacial score (nSPS) is 25.7. The Morgan fingerprint density at radius 3 is 2.41 bits per heavy atom. The molecule has 0 heterocycles. The van der Waals surface area contributed by atoms with Gasteiger partial charge in [0, 0.05) is 18.3 Å². The van der Waals surface area contributed by atoms with E-state index in [9.17, 15) is 39.6 Å². The summed E-state index contributed by atoms with van der Waals surface area (Å²) in [5.41, 5.74) is -6.35. The van der Waals surface area contributed by atoms with Gasteiger partial charge in [0.25, 0.3) is 0 Å². The number of hydrogen-bond acceptors (Lipinski definition) is 4. The number of ketones is 1. The highest BCUT2D eigenvalue weighted by atomic mass is 32.2. The van der Waals surface area contributed by atoms with Crippen molar-refractivity contribution in [3.05, 3.63) is 29.3 Å². The molecule has 2 atom stereocenters. The summed E-state index contributed by atoms with van der Waals surface area (Å²) in [5, 5.41) is 0. The SMILES string of the molecule is O=C1CC[C@@]2(CC(F)(F)F)c3ccc(OS(=O)(=O)C(F)(F)F)cc3CCC[C@H]2C1. The first-order valence-electron chi connectivity index (χ1n) is 8.96. The highest BCUT2D eigenvalue weighted by Crippen LogP contribution is 2.53. The number of carbonyl (C=O) groups is 1. The first-order valence-corrected chi connectivity index (χ1v) is 10.4. The number of hydrogen-bond donors (Lipinski definition) is 0. The second kappa shape index (κ2) is 7.17. The van der Waals surface area contributed by atoms with Crippen molar-refractivity contribution in [2.75, 3.05) is 0 Å². The summed E-state index contributed by atoms with van der Waals surface area (Å²) >= 11 is 0. The van der Waals surface area contributed by atoms with Gasteiger partial charge in [-0.05, 0) is 54.9 Å². The summed E-state index contributed by atoms with van der Waals surface area (Å²) in [4.78, 5) is 11.9. The van der Waals surface area contributed by atoms with Crippen molar-refractivity contribution in [2.45, 2.75) is 62.0 Å². The van der Waals surface area contributed by atoms with Crippen LogP contribution in [0, 0.1) is 5.92 Å². The molecule has 0 aliphatic heterocycles. The van der Waals surface area contributed by atoms with Crippen molar-refractivity contribution in [3.8, 4) is 5.75 Å². The summed E-state index contributed by atoms with van der Waals surface area (Å²) in [6.07, 6.45) is -4.59. The van der Waals surface area contributed by atoms with Crippen LogP contribution in [-0.4, -0.2) is 25.9 Å². The summed E-state index contributed by atoms with van der Waals surface area (Å²) in [6.45, 7) is 0. The van der Waals surface area contributed by atoms with Crippen LogP contribution in [0.3, 0.4) is 0 Å². The Bertz CT molecular complexity index is 906. The molecule has 0 aromatic heterocycles. The third kappa shape index (κ3) is 4.39. The zero-order chi connectivity index (χ0) is 21.7. The Labute approximate surface area is 163 Å². The maximum atomic E-state index is 13.4. The highest BCUT2D eigenvalue weighted by Gasteiger charge is 2.52. The molecule has 29 heavy (non-hydrogen) atoms. The molecule has 1 fully saturated rings. The molecule has 1 aromatic rings. The van der Waals surface area contributed by atoms with Gasteiger partial charge in [-0.3, -0.25) is 4.79 Å². The Morgan fingerprint density at radius 2 is 1.79 bits per heavy atom. The van der Waals surface area contributed by atoms with Gasteiger partial charge in [0.15, 0.2) is 0 Å². The molecule has 4 nitrogen and oxygen atoms in total. The third-order valence-corrected chi connectivity index (χ3v) is 6.70. The predicted octanol–water partition coefficient (Wildman–Crippen LogP) is 4.81. The van der Waals surface area contributed by atoms with E-state index in [2.05, 4.69) is 4.18 Å². The molecule has 0 N–H and O–H groups in total. The molecule has 0 saturated heterocycles. The number of Topliss-reactive ketones (excluding diaryl/α,β-unsaturated/α-hetero) is 1. The number of rotatable bonds is 3. The number of fused-ring (bicyclic) bond motifs is 3. The Morgan fingerprint density at radius 1 is 1.10 bits per heavy atom. The van der Waals surface area contributed by atoms with E-state index < -0.39 is 45.3 Å². The van der Waals surface area contributed by atoms with E-state index in [4.69, 9.17) is 0 Å². The van der Waals surface area contributed by atoms with Crippen LogP contribution in [0.2, 0.25) is 0 Å². The van der Waals surface area contributed by atoms with Crippen molar-refractivity contribution in [3.63, 3.8) is 0 Å². The number of carbonyl (C=O) groups excluding carboxylic acids is 1. The Balaban J connectivity index is 2.06. The van der Waals surface area contributed by atoms with Crippen LogP contribution in [0.4, 0.5) is 26.3 Å². The van der Waals surface area contributed by atoms with Crippen LogP contribution in [0.1, 0.15) is 49.7 Å². The van der Waals surface area contributed by atoms with Crippen LogP contribution in [-0.2, 0) is 26.7 Å². The number of halogens is 6.